The maximum atomic E-state index is 8.82. The molecule has 1 rings (SSSR count). The molecule has 1 heterocycles. The second-order valence-electron chi connectivity index (χ2n) is 3.94. The van der Waals surface area contributed by atoms with Crippen molar-refractivity contribution >= 4 is 17.6 Å². The third kappa shape index (κ3) is 3.89. The summed E-state index contributed by atoms with van der Waals surface area (Å²) in [7, 11) is 1.68. The third-order valence-electron chi connectivity index (χ3n) is 2.41. The molecule has 1 aromatic rings. The summed E-state index contributed by atoms with van der Waals surface area (Å²) >= 11 is 1.60. The van der Waals surface area contributed by atoms with Crippen LogP contribution in [0.25, 0.3) is 0 Å². The molecule has 5 nitrogen and oxygen atoms in total. The molecular formula is C12H19N3O2S. The van der Waals surface area contributed by atoms with Crippen LogP contribution in [0.5, 0.6) is 0 Å². The lowest BCUT2D eigenvalue weighted by Gasteiger charge is -2.11. The normalized spacial score (nSPS) is 11.8. The van der Waals surface area contributed by atoms with Crippen LogP contribution in [0.4, 0.5) is 0 Å². The molecule has 0 bridgehead atoms. The van der Waals surface area contributed by atoms with Gasteiger partial charge in [0.05, 0.1) is 5.56 Å². The molecule has 6 heteroatoms. The Morgan fingerprint density at radius 3 is 2.89 bits per heavy atom. The Labute approximate surface area is 111 Å². The zero-order valence-corrected chi connectivity index (χ0v) is 11.8. The summed E-state index contributed by atoms with van der Waals surface area (Å²) in [6.07, 6.45) is 0.936. The van der Waals surface area contributed by atoms with Gasteiger partial charge in [0.15, 0.2) is 5.84 Å². The second kappa shape index (κ2) is 7.23. The number of oxime groups is 1. The van der Waals surface area contributed by atoms with Crippen molar-refractivity contribution in [2.75, 3.05) is 19.5 Å². The average molecular weight is 269 g/mol. The van der Waals surface area contributed by atoms with E-state index in [1.807, 2.05) is 19.9 Å². The number of thioether (sulfide) groups is 1. The van der Waals surface area contributed by atoms with E-state index in [1.54, 1.807) is 18.9 Å². The fraction of sp³-hybridized carbons (Fsp3) is 0.500. The largest absolute Gasteiger partial charge is 0.409 e. The number of nitrogens with zero attached hydrogens (tertiary/aromatic N) is 2. The summed E-state index contributed by atoms with van der Waals surface area (Å²) in [5.41, 5.74) is 8.30. The molecule has 0 amide bonds. The standard InChI is InChI=1S/C12H19N3O2S/c1-8-7-9(2)14-12(10(8)11(13)15-16)18-6-4-5-17-3/h7,16H,4-6H2,1-3H3,(H2,13,15). The Hall–Kier alpha value is -1.27. The zero-order chi connectivity index (χ0) is 13.5. The number of aromatic nitrogens is 1. The van der Waals surface area contributed by atoms with Crippen LogP contribution in [-0.4, -0.2) is 35.5 Å². The van der Waals surface area contributed by atoms with E-state index in [0.29, 0.717) is 5.56 Å². The van der Waals surface area contributed by atoms with Gasteiger partial charge >= 0.3 is 0 Å². The molecule has 0 unspecified atom stereocenters. The van der Waals surface area contributed by atoms with Crippen molar-refractivity contribution in [2.24, 2.45) is 10.9 Å². The van der Waals surface area contributed by atoms with Crippen molar-refractivity contribution in [3.8, 4) is 0 Å². The number of ether oxygens (including phenoxy) is 1. The molecular weight excluding hydrogens is 250 g/mol. The molecule has 0 radical (unpaired) electrons. The summed E-state index contributed by atoms with van der Waals surface area (Å²) in [6.45, 7) is 4.58. The highest BCUT2D eigenvalue weighted by Gasteiger charge is 2.13. The Balaban J connectivity index is 2.93. The monoisotopic (exact) mass is 269 g/mol. The Bertz CT molecular complexity index is 436. The first-order valence-corrected chi connectivity index (χ1v) is 6.66. The van der Waals surface area contributed by atoms with E-state index in [9.17, 15) is 0 Å². The summed E-state index contributed by atoms with van der Waals surface area (Å²) in [4.78, 5) is 4.45. The molecule has 0 aliphatic carbocycles. The van der Waals surface area contributed by atoms with Crippen LogP contribution in [0.1, 0.15) is 23.2 Å². The van der Waals surface area contributed by atoms with Crippen molar-refractivity contribution in [3.05, 3.63) is 22.9 Å². The van der Waals surface area contributed by atoms with Gasteiger partial charge in [-0.3, -0.25) is 0 Å². The van der Waals surface area contributed by atoms with Crippen molar-refractivity contribution in [2.45, 2.75) is 25.3 Å². The molecule has 0 aliphatic rings. The first kappa shape index (κ1) is 14.8. The first-order valence-electron chi connectivity index (χ1n) is 5.68. The van der Waals surface area contributed by atoms with Crippen LogP contribution in [0, 0.1) is 13.8 Å². The van der Waals surface area contributed by atoms with Gasteiger partial charge < -0.3 is 15.7 Å². The first-order chi connectivity index (χ1) is 8.60. The number of amidine groups is 1. The number of hydrogen-bond acceptors (Lipinski definition) is 5. The van der Waals surface area contributed by atoms with Crippen LogP contribution < -0.4 is 5.73 Å². The molecule has 0 saturated heterocycles. The highest BCUT2D eigenvalue weighted by Crippen LogP contribution is 2.24. The lowest BCUT2D eigenvalue weighted by atomic mass is 10.1. The van der Waals surface area contributed by atoms with Crippen LogP contribution >= 0.6 is 11.8 Å². The molecule has 1 aromatic heterocycles. The van der Waals surface area contributed by atoms with Gasteiger partial charge in [-0.2, -0.15) is 0 Å². The van der Waals surface area contributed by atoms with Gasteiger partial charge in [-0.15, -0.1) is 11.8 Å². The van der Waals surface area contributed by atoms with Crippen molar-refractivity contribution in [1.29, 1.82) is 0 Å². The van der Waals surface area contributed by atoms with Crippen LogP contribution in [-0.2, 0) is 4.74 Å². The van der Waals surface area contributed by atoms with E-state index in [1.165, 1.54) is 0 Å². The predicted octanol–water partition coefficient (Wildman–Crippen LogP) is 1.92. The van der Waals surface area contributed by atoms with Crippen molar-refractivity contribution in [3.63, 3.8) is 0 Å². The number of pyridine rings is 1. The summed E-state index contributed by atoms with van der Waals surface area (Å²) in [5, 5.41) is 12.7. The maximum Gasteiger partial charge on any atom is 0.173 e. The van der Waals surface area contributed by atoms with Crippen molar-refractivity contribution < 1.29 is 9.94 Å². The topological polar surface area (TPSA) is 80.7 Å². The molecule has 100 valence electrons. The number of hydrogen-bond donors (Lipinski definition) is 2. The summed E-state index contributed by atoms with van der Waals surface area (Å²) in [5.74, 6) is 0.990. The van der Waals surface area contributed by atoms with Gasteiger partial charge in [0, 0.05) is 25.2 Å². The molecule has 0 spiro atoms. The van der Waals surface area contributed by atoms with Gasteiger partial charge in [-0.05, 0) is 31.9 Å². The number of methoxy groups -OCH3 is 1. The predicted molar refractivity (Wildman–Crippen MR) is 73.4 cm³/mol. The summed E-state index contributed by atoms with van der Waals surface area (Å²) < 4.78 is 5.00. The highest BCUT2D eigenvalue weighted by atomic mass is 32.2. The highest BCUT2D eigenvalue weighted by molar-refractivity contribution is 7.99. The quantitative estimate of drug-likeness (QED) is 0.206. The van der Waals surface area contributed by atoms with Crippen LogP contribution in [0.3, 0.4) is 0 Å². The summed E-state index contributed by atoms with van der Waals surface area (Å²) in [6, 6.07) is 1.92. The molecule has 0 fully saturated rings. The molecule has 0 aromatic carbocycles. The minimum atomic E-state index is 0.106. The van der Waals surface area contributed by atoms with Crippen molar-refractivity contribution in [1.82, 2.24) is 4.98 Å². The number of aryl methyl sites for hydroxylation is 2. The smallest absolute Gasteiger partial charge is 0.173 e. The Morgan fingerprint density at radius 2 is 2.28 bits per heavy atom. The lowest BCUT2D eigenvalue weighted by Crippen LogP contribution is -2.17. The second-order valence-corrected chi connectivity index (χ2v) is 5.02. The zero-order valence-electron chi connectivity index (χ0n) is 10.9. The SMILES string of the molecule is COCCCSc1nc(C)cc(C)c1C(N)=NO. The van der Waals surface area contributed by atoms with Gasteiger partial charge in [0.1, 0.15) is 5.03 Å². The average Bonchev–Trinajstić information content (AvgIpc) is 2.33. The van der Waals surface area contributed by atoms with E-state index >= 15 is 0 Å². The van der Waals surface area contributed by atoms with E-state index in [2.05, 4.69) is 10.1 Å². The molecule has 18 heavy (non-hydrogen) atoms. The van der Waals surface area contributed by atoms with Gasteiger partial charge in [0.25, 0.3) is 0 Å². The fourth-order valence-electron chi connectivity index (χ4n) is 1.64. The minimum Gasteiger partial charge on any atom is -0.409 e. The van der Waals surface area contributed by atoms with Gasteiger partial charge in [-0.1, -0.05) is 5.16 Å². The molecule has 0 aliphatic heterocycles. The number of rotatable bonds is 6. The van der Waals surface area contributed by atoms with Crippen LogP contribution in [0.15, 0.2) is 16.2 Å². The molecule has 3 N–H and O–H groups in total. The Kier molecular flexibility index (Phi) is 5.94. The van der Waals surface area contributed by atoms with E-state index in [4.69, 9.17) is 15.7 Å². The maximum absolute atomic E-state index is 8.82. The van der Waals surface area contributed by atoms with Gasteiger partial charge in [0.2, 0.25) is 0 Å². The third-order valence-corrected chi connectivity index (χ3v) is 3.47. The lowest BCUT2D eigenvalue weighted by molar-refractivity contribution is 0.200. The fourth-order valence-corrected chi connectivity index (χ4v) is 2.71. The van der Waals surface area contributed by atoms with E-state index in [0.717, 1.165) is 35.1 Å². The number of nitrogens with two attached hydrogens (primary N) is 1. The molecule has 0 atom stereocenters. The molecule has 0 saturated carbocycles. The Morgan fingerprint density at radius 1 is 1.56 bits per heavy atom. The van der Waals surface area contributed by atoms with E-state index < -0.39 is 0 Å². The van der Waals surface area contributed by atoms with Gasteiger partial charge in [-0.25, -0.2) is 4.98 Å². The van der Waals surface area contributed by atoms with E-state index in [-0.39, 0.29) is 5.84 Å². The minimum absolute atomic E-state index is 0.106. The van der Waals surface area contributed by atoms with Crippen LogP contribution in [0.2, 0.25) is 0 Å².